The number of rotatable bonds is 2. The van der Waals surface area contributed by atoms with E-state index in [1.54, 1.807) is 7.11 Å². The maximum atomic E-state index is 6.79. The maximum absolute atomic E-state index is 6.79. The van der Waals surface area contributed by atoms with Crippen molar-refractivity contribution in [3.05, 3.63) is 65.2 Å². The van der Waals surface area contributed by atoms with Crippen molar-refractivity contribution in [3.8, 4) is 5.75 Å². The molecule has 2 nitrogen and oxygen atoms in total. The highest BCUT2D eigenvalue weighted by molar-refractivity contribution is 5.49. The normalized spacial score (nSPS) is 21.8. The van der Waals surface area contributed by atoms with E-state index in [1.807, 2.05) is 18.2 Å². The van der Waals surface area contributed by atoms with Crippen LogP contribution < -0.4 is 10.5 Å². The number of ether oxygens (including phenoxy) is 1. The lowest BCUT2D eigenvalue weighted by Gasteiger charge is -2.37. The van der Waals surface area contributed by atoms with Crippen molar-refractivity contribution < 1.29 is 4.74 Å². The van der Waals surface area contributed by atoms with Gasteiger partial charge in [-0.2, -0.15) is 0 Å². The first-order chi connectivity index (χ1) is 9.25. The predicted octanol–water partition coefficient (Wildman–Crippen LogP) is 3.23. The summed E-state index contributed by atoms with van der Waals surface area (Å²) in [5, 5.41) is 0. The van der Waals surface area contributed by atoms with Gasteiger partial charge in [0.2, 0.25) is 0 Å². The van der Waals surface area contributed by atoms with Gasteiger partial charge in [-0.1, -0.05) is 42.5 Å². The van der Waals surface area contributed by atoms with Gasteiger partial charge in [-0.05, 0) is 36.5 Å². The zero-order valence-electron chi connectivity index (χ0n) is 11.2. The largest absolute Gasteiger partial charge is 0.496 e. The van der Waals surface area contributed by atoms with Crippen LogP contribution >= 0.6 is 0 Å². The van der Waals surface area contributed by atoms with Crippen LogP contribution in [0.3, 0.4) is 0 Å². The number of hydrogen-bond acceptors (Lipinski definition) is 2. The highest BCUT2D eigenvalue weighted by atomic mass is 16.5. The van der Waals surface area contributed by atoms with E-state index in [2.05, 4.69) is 30.3 Å². The van der Waals surface area contributed by atoms with Crippen LogP contribution in [0.1, 0.15) is 29.5 Å². The SMILES string of the molecule is COc1ccccc1C1(N)CCCc2ccccc21. The molecule has 98 valence electrons. The van der Waals surface area contributed by atoms with Crippen molar-refractivity contribution in [2.45, 2.75) is 24.8 Å². The molecular formula is C17H19NO. The second kappa shape index (κ2) is 4.71. The summed E-state index contributed by atoms with van der Waals surface area (Å²) in [6, 6.07) is 16.6. The average molecular weight is 253 g/mol. The standard InChI is InChI=1S/C17H19NO/c1-19-16-11-5-4-10-15(16)17(18)12-6-8-13-7-2-3-9-14(13)17/h2-5,7,9-11H,6,8,12,18H2,1H3. The fraction of sp³-hybridized carbons (Fsp3) is 0.294. The van der Waals surface area contributed by atoms with Gasteiger partial charge in [-0.15, -0.1) is 0 Å². The Labute approximate surface area is 114 Å². The summed E-state index contributed by atoms with van der Waals surface area (Å²) in [6.45, 7) is 0. The summed E-state index contributed by atoms with van der Waals surface area (Å²) < 4.78 is 5.50. The molecule has 0 bridgehead atoms. The first-order valence-electron chi connectivity index (χ1n) is 6.76. The van der Waals surface area contributed by atoms with Crippen LogP contribution in [0.4, 0.5) is 0 Å². The fourth-order valence-corrected chi connectivity index (χ4v) is 3.16. The van der Waals surface area contributed by atoms with Crippen molar-refractivity contribution in [2.24, 2.45) is 5.73 Å². The van der Waals surface area contributed by atoms with E-state index < -0.39 is 5.54 Å². The Balaban J connectivity index is 2.19. The van der Waals surface area contributed by atoms with Crippen molar-refractivity contribution in [1.29, 1.82) is 0 Å². The smallest absolute Gasteiger partial charge is 0.124 e. The maximum Gasteiger partial charge on any atom is 0.124 e. The van der Waals surface area contributed by atoms with E-state index in [1.165, 1.54) is 11.1 Å². The number of aryl methyl sites for hydroxylation is 1. The highest BCUT2D eigenvalue weighted by Gasteiger charge is 2.36. The monoisotopic (exact) mass is 253 g/mol. The Morgan fingerprint density at radius 1 is 1.00 bits per heavy atom. The molecule has 0 aromatic heterocycles. The van der Waals surface area contributed by atoms with Gasteiger partial charge in [0.1, 0.15) is 5.75 Å². The first kappa shape index (κ1) is 12.2. The Morgan fingerprint density at radius 3 is 2.47 bits per heavy atom. The molecule has 1 aliphatic rings. The van der Waals surface area contributed by atoms with E-state index in [-0.39, 0.29) is 0 Å². The van der Waals surface area contributed by atoms with Crippen molar-refractivity contribution in [1.82, 2.24) is 0 Å². The molecule has 0 amide bonds. The Kier molecular flexibility index (Phi) is 3.03. The molecule has 0 heterocycles. The molecule has 1 aliphatic carbocycles. The minimum atomic E-state index is -0.429. The van der Waals surface area contributed by atoms with E-state index in [0.29, 0.717) is 0 Å². The number of fused-ring (bicyclic) bond motifs is 1. The summed E-state index contributed by atoms with van der Waals surface area (Å²) in [5.41, 5.74) is 10.1. The van der Waals surface area contributed by atoms with Crippen molar-refractivity contribution in [3.63, 3.8) is 0 Å². The molecular weight excluding hydrogens is 234 g/mol. The van der Waals surface area contributed by atoms with Gasteiger partial charge in [-0.25, -0.2) is 0 Å². The van der Waals surface area contributed by atoms with Crippen molar-refractivity contribution >= 4 is 0 Å². The Hall–Kier alpha value is -1.80. The molecule has 2 aromatic rings. The molecule has 2 aromatic carbocycles. The van der Waals surface area contributed by atoms with E-state index >= 15 is 0 Å². The summed E-state index contributed by atoms with van der Waals surface area (Å²) in [7, 11) is 1.71. The third-order valence-corrected chi connectivity index (χ3v) is 4.10. The number of hydrogen-bond donors (Lipinski definition) is 1. The van der Waals surface area contributed by atoms with Gasteiger partial charge >= 0.3 is 0 Å². The molecule has 1 unspecified atom stereocenters. The lowest BCUT2D eigenvalue weighted by atomic mass is 9.73. The zero-order valence-corrected chi connectivity index (χ0v) is 11.2. The van der Waals surface area contributed by atoms with Crippen LogP contribution in [0.5, 0.6) is 5.75 Å². The number of nitrogens with two attached hydrogens (primary N) is 1. The Morgan fingerprint density at radius 2 is 1.68 bits per heavy atom. The molecule has 0 aliphatic heterocycles. The molecule has 0 saturated heterocycles. The lowest BCUT2D eigenvalue weighted by Crippen LogP contribution is -2.41. The van der Waals surface area contributed by atoms with Crippen LogP contribution in [0.2, 0.25) is 0 Å². The molecule has 0 saturated carbocycles. The lowest BCUT2D eigenvalue weighted by molar-refractivity contribution is 0.378. The van der Waals surface area contributed by atoms with Crippen LogP contribution in [-0.4, -0.2) is 7.11 Å². The summed E-state index contributed by atoms with van der Waals surface area (Å²) in [4.78, 5) is 0. The number of methoxy groups -OCH3 is 1. The quantitative estimate of drug-likeness (QED) is 0.891. The van der Waals surface area contributed by atoms with Gasteiger partial charge in [0, 0.05) is 5.56 Å². The average Bonchev–Trinajstić information content (AvgIpc) is 2.48. The van der Waals surface area contributed by atoms with Gasteiger partial charge in [0.05, 0.1) is 12.6 Å². The van der Waals surface area contributed by atoms with Gasteiger partial charge in [0.15, 0.2) is 0 Å². The summed E-state index contributed by atoms with van der Waals surface area (Å²) >= 11 is 0. The number of benzene rings is 2. The van der Waals surface area contributed by atoms with Crippen LogP contribution in [0.15, 0.2) is 48.5 Å². The van der Waals surface area contributed by atoms with E-state index in [0.717, 1.165) is 30.6 Å². The molecule has 3 rings (SSSR count). The van der Waals surface area contributed by atoms with Crippen LogP contribution in [0, 0.1) is 0 Å². The summed E-state index contributed by atoms with van der Waals surface area (Å²) in [6.07, 6.45) is 3.19. The molecule has 0 fully saturated rings. The molecule has 0 spiro atoms. The highest BCUT2D eigenvalue weighted by Crippen LogP contribution is 2.41. The zero-order chi connectivity index (χ0) is 13.3. The Bertz CT molecular complexity index is 593. The van der Waals surface area contributed by atoms with E-state index in [9.17, 15) is 0 Å². The minimum Gasteiger partial charge on any atom is -0.496 e. The topological polar surface area (TPSA) is 35.2 Å². The summed E-state index contributed by atoms with van der Waals surface area (Å²) in [5.74, 6) is 0.877. The minimum absolute atomic E-state index is 0.429. The molecule has 2 N–H and O–H groups in total. The third-order valence-electron chi connectivity index (χ3n) is 4.10. The van der Waals surface area contributed by atoms with Crippen LogP contribution in [0.25, 0.3) is 0 Å². The predicted molar refractivity (Wildman–Crippen MR) is 77.3 cm³/mol. The van der Waals surface area contributed by atoms with Crippen molar-refractivity contribution in [2.75, 3.05) is 7.11 Å². The second-order valence-corrected chi connectivity index (χ2v) is 5.18. The van der Waals surface area contributed by atoms with Gasteiger partial charge < -0.3 is 10.5 Å². The molecule has 19 heavy (non-hydrogen) atoms. The van der Waals surface area contributed by atoms with Gasteiger partial charge in [0.25, 0.3) is 0 Å². The molecule has 1 atom stereocenters. The van der Waals surface area contributed by atoms with Crippen LogP contribution in [-0.2, 0) is 12.0 Å². The third kappa shape index (κ3) is 1.92. The van der Waals surface area contributed by atoms with E-state index in [4.69, 9.17) is 10.5 Å². The number of para-hydroxylation sites is 1. The molecule has 0 radical (unpaired) electrons. The fourth-order valence-electron chi connectivity index (χ4n) is 3.16. The first-order valence-corrected chi connectivity index (χ1v) is 6.76. The molecule has 2 heteroatoms. The van der Waals surface area contributed by atoms with Gasteiger partial charge in [-0.3, -0.25) is 0 Å². The second-order valence-electron chi connectivity index (χ2n) is 5.18.